The predicted octanol–water partition coefficient (Wildman–Crippen LogP) is 2.32. The first-order chi connectivity index (χ1) is 8.04. The van der Waals surface area contributed by atoms with Gasteiger partial charge in [0.25, 0.3) is 0 Å². The molecule has 0 saturated carbocycles. The Kier molecular flexibility index (Phi) is 5.59. The van der Waals surface area contributed by atoms with E-state index >= 15 is 0 Å². The van der Waals surface area contributed by atoms with Crippen molar-refractivity contribution in [2.24, 2.45) is 5.92 Å². The molecule has 0 aromatic heterocycles. The minimum Gasteiger partial charge on any atom is -0.395 e. The maximum Gasteiger partial charge on any atom is 0.123 e. The number of aliphatic hydroxyl groups excluding tert-OH is 1. The standard InChI is InChI=1S/C14H22FNO/c1-11(2)14(10-17)16(3)9-8-12-4-6-13(15)7-5-12/h4-7,11,14,17H,8-10H2,1-3H3. The molecule has 1 N–H and O–H groups in total. The first-order valence-electron chi connectivity index (χ1n) is 6.10. The lowest BCUT2D eigenvalue weighted by Gasteiger charge is -2.29. The van der Waals surface area contributed by atoms with Crippen LogP contribution in [0.2, 0.25) is 0 Å². The van der Waals surface area contributed by atoms with Gasteiger partial charge in [0.05, 0.1) is 6.61 Å². The molecule has 1 aromatic carbocycles. The van der Waals surface area contributed by atoms with Gasteiger partial charge >= 0.3 is 0 Å². The Morgan fingerprint density at radius 3 is 2.29 bits per heavy atom. The van der Waals surface area contributed by atoms with Gasteiger partial charge in [0.1, 0.15) is 5.82 Å². The van der Waals surface area contributed by atoms with E-state index in [1.807, 2.05) is 19.2 Å². The Hall–Kier alpha value is -0.930. The van der Waals surface area contributed by atoms with Crippen LogP contribution in [0.4, 0.5) is 4.39 Å². The molecule has 0 bridgehead atoms. The van der Waals surface area contributed by atoms with E-state index in [0.717, 1.165) is 18.5 Å². The molecule has 1 rings (SSSR count). The van der Waals surface area contributed by atoms with Gasteiger partial charge in [-0.1, -0.05) is 26.0 Å². The lowest BCUT2D eigenvalue weighted by molar-refractivity contribution is 0.114. The number of likely N-dealkylation sites (N-methyl/N-ethyl adjacent to an activating group) is 1. The SMILES string of the molecule is CC(C)C(CO)N(C)CCc1ccc(F)cc1. The van der Waals surface area contributed by atoms with Gasteiger partial charge in [-0.05, 0) is 37.1 Å². The molecular formula is C14H22FNO. The van der Waals surface area contributed by atoms with Crippen LogP contribution in [0.15, 0.2) is 24.3 Å². The van der Waals surface area contributed by atoms with Gasteiger partial charge in [0.15, 0.2) is 0 Å². The summed E-state index contributed by atoms with van der Waals surface area (Å²) in [7, 11) is 2.02. The van der Waals surface area contributed by atoms with Crippen molar-refractivity contribution in [2.75, 3.05) is 20.2 Å². The first-order valence-corrected chi connectivity index (χ1v) is 6.10. The molecule has 1 aromatic rings. The Balaban J connectivity index is 2.47. The molecule has 1 atom stereocenters. The monoisotopic (exact) mass is 239 g/mol. The van der Waals surface area contributed by atoms with E-state index in [1.54, 1.807) is 0 Å². The smallest absolute Gasteiger partial charge is 0.123 e. The van der Waals surface area contributed by atoms with Gasteiger partial charge in [0, 0.05) is 12.6 Å². The molecule has 0 aliphatic heterocycles. The van der Waals surface area contributed by atoms with E-state index in [9.17, 15) is 9.50 Å². The highest BCUT2D eigenvalue weighted by Crippen LogP contribution is 2.10. The summed E-state index contributed by atoms with van der Waals surface area (Å²) < 4.78 is 12.7. The molecule has 0 heterocycles. The Bertz CT molecular complexity index is 323. The zero-order chi connectivity index (χ0) is 12.8. The average Bonchev–Trinajstić information content (AvgIpc) is 2.28. The molecule has 0 aliphatic rings. The summed E-state index contributed by atoms with van der Waals surface area (Å²) in [6.45, 7) is 5.26. The zero-order valence-electron chi connectivity index (χ0n) is 10.9. The Labute approximate surface area is 103 Å². The number of hydrogen-bond acceptors (Lipinski definition) is 2. The van der Waals surface area contributed by atoms with Gasteiger partial charge in [-0.2, -0.15) is 0 Å². The Morgan fingerprint density at radius 1 is 1.24 bits per heavy atom. The molecule has 96 valence electrons. The summed E-state index contributed by atoms with van der Waals surface area (Å²) in [6, 6.07) is 6.79. The summed E-state index contributed by atoms with van der Waals surface area (Å²) >= 11 is 0. The third-order valence-corrected chi connectivity index (χ3v) is 3.19. The minimum absolute atomic E-state index is 0.178. The van der Waals surface area contributed by atoms with Gasteiger partial charge in [-0.15, -0.1) is 0 Å². The van der Waals surface area contributed by atoms with Gasteiger partial charge < -0.3 is 10.0 Å². The molecule has 2 nitrogen and oxygen atoms in total. The fourth-order valence-corrected chi connectivity index (χ4v) is 1.98. The molecule has 0 aliphatic carbocycles. The Morgan fingerprint density at radius 2 is 1.82 bits per heavy atom. The number of halogens is 1. The van der Waals surface area contributed by atoms with Gasteiger partial charge in [-0.25, -0.2) is 4.39 Å². The van der Waals surface area contributed by atoms with Crippen molar-refractivity contribution >= 4 is 0 Å². The topological polar surface area (TPSA) is 23.5 Å². The maximum atomic E-state index is 12.7. The quantitative estimate of drug-likeness (QED) is 0.823. The van der Waals surface area contributed by atoms with Crippen LogP contribution in [0.25, 0.3) is 0 Å². The van der Waals surface area contributed by atoms with Crippen molar-refractivity contribution < 1.29 is 9.50 Å². The maximum absolute atomic E-state index is 12.7. The van der Waals surface area contributed by atoms with E-state index in [-0.39, 0.29) is 18.5 Å². The van der Waals surface area contributed by atoms with Crippen LogP contribution in [0.1, 0.15) is 19.4 Å². The van der Waals surface area contributed by atoms with E-state index in [2.05, 4.69) is 18.7 Å². The molecule has 1 unspecified atom stereocenters. The second-order valence-electron chi connectivity index (χ2n) is 4.85. The van der Waals surface area contributed by atoms with Crippen LogP contribution >= 0.6 is 0 Å². The fourth-order valence-electron chi connectivity index (χ4n) is 1.98. The molecule has 0 spiro atoms. The van der Waals surface area contributed by atoms with Crippen molar-refractivity contribution in [3.05, 3.63) is 35.6 Å². The predicted molar refractivity (Wildman–Crippen MR) is 68.4 cm³/mol. The van der Waals surface area contributed by atoms with Crippen molar-refractivity contribution in [1.82, 2.24) is 4.90 Å². The number of rotatable bonds is 6. The van der Waals surface area contributed by atoms with E-state index in [0.29, 0.717) is 5.92 Å². The normalized spacial score (nSPS) is 13.4. The highest BCUT2D eigenvalue weighted by Gasteiger charge is 2.16. The molecule has 0 amide bonds. The van der Waals surface area contributed by atoms with Crippen molar-refractivity contribution in [3.8, 4) is 0 Å². The summed E-state index contributed by atoms with van der Waals surface area (Å²) in [6.07, 6.45) is 0.875. The summed E-state index contributed by atoms with van der Waals surface area (Å²) in [5.41, 5.74) is 1.12. The van der Waals surface area contributed by atoms with Gasteiger partial charge in [0.2, 0.25) is 0 Å². The zero-order valence-corrected chi connectivity index (χ0v) is 10.9. The van der Waals surface area contributed by atoms with Crippen LogP contribution in [0, 0.1) is 11.7 Å². The van der Waals surface area contributed by atoms with Crippen molar-refractivity contribution in [2.45, 2.75) is 26.3 Å². The number of hydrogen-bond donors (Lipinski definition) is 1. The number of aliphatic hydroxyl groups is 1. The number of nitrogens with zero attached hydrogens (tertiary/aromatic N) is 1. The molecule has 3 heteroatoms. The molecule has 0 radical (unpaired) electrons. The molecule has 0 fully saturated rings. The molecular weight excluding hydrogens is 217 g/mol. The summed E-state index contributed by atoms with van der Waals surface area (Å²) in [5, 5.41) is 9.31. The second-order valence-corrected chi connectivity index (χ2v) is 4.85. The average molecular weight is 239 g/mol. The highest BCUT2D eigenvalue weighted by molar-refractivity contribution is 5.16. The highest BCUT2D eigenvalue weighted by atomic mass is 19.1. The minimum atomic E-state index is -0.197. The molecule has 17 heavy (non-hydrogen) atoms. The van der Waals surface area contributed by atoms with Crippen LogP contribution < -0.4 is 0 Å². The largest absolute Gasteiger partial charge is 0.395 e. The number of benzene rings is 1. The van der Waals surface area contributed by atoms with E-state index < -0.39 is 0 Å². The summed E-state index contributed by atoms with van der Waals surface area (Å²) in [5.74, 6) is 0.232. The van der Waals surface area contributed by atoms with Crippen LogP contribution in [-0.4, -0.2) is 36.2 Å². The third-order valence-electron chi connectivity index (χ3n) is 3.19. The lowest BCUT2D eigenvalue weighted by atomic mass is 10.0. The third kappa shape index (κ3) is 4.44. The second kappa shape index (κ2) is 6.72. The summed E-state index contributed by atoms with van der Waals surface area (Å²) in [4.78, 5) is 2.16. The van der Waals surface area contributed by atoms with Crippen molar-refractivity contribution in [1.29, 1.82) is 0 Å². The van der Waals surface area contributed by atoms with Crippen molar-refractivity contribution in [3.63, 3.8) is 0 Å². The van der Waals surface area contributed by atoms with E-state index in [4.69, 9.17) is 0 Å². The molecule has 0 saturated heterocycles. The van der Waals surface area contributed by atoms with Crippen LogP contribution in [0.5, 0.6) is 0 Å². The first kappa shape index (κ1) is 14.1. The van der Waals surface area contributed by atoms with Gasteiger partial charge in [-0.3, -0.25) is 0 Å². The van der Waals surface area contributed by atoms with Crippen LogP contribution in [-0.2, 0) is 6.42 Å². The lowest BCUT2D eigenvalue weighted by Crippen LogP contribution is -2.39. The van der Waals surface area contributed by atoms with Crippen LogP contribution in [0.3, 0.4) is 0 Å². The van der Waals surface area contributed by atoms with E-state index in [1.165, 1.54) is 12.1 Å². The fraction of sp³-hybridized carbons (Fsp3) is 0.571.